The fourth-order valence-electron chi connectivity index (χ4n) is 1.79. The van der Waals surface area contributed by atoms with Crippen LogP contribution in [0, 0.1) is 5.92 Å². The van der Waals surface area contributed by atoms with Gasteiger partial charge in [0.2, 0.25) is 0 Å². The van der Waals surface area contributed by atoms with E-state index in [0.717, 1.165) is 0 Å². The Kier molecular flexibility index (Phi) is 4.53. The zero-order valence-corrected chi connectivity index (χ0v) is 9.67. The lowest BCUT2D eigenvalue weighted by Crippen LogP contribution is -2.50. The molecule has 1 fully saturated rings. The van der Waals surface area contributed by atoms with Crippen molar-refractivity contribution in [2.45, 2.75) is 25.2 Å². The third kappa shape index (κ3) is 2.91. The number of methoxy groups -OCH3 is 1. The van der Waals surface area contributed by atoms with E-state index in [2.05, 4.69) is 4.74 Å². The molecule has 0 aliphatic carbocycles. The molecule has 1 heterocycles. The Hall–Kier alpha value is -1.34. The van der Waals surface area contributed by atoms with Crippen molar-refractivity contribution < 1.29 is 31.9 Å². The molecule has 1 saturated heterocycles. The van der Waals surface area contributed by atoms with Crippen LogP contribution in [-0.2, 0) is 14.3 Å². The highest BCUT2D eigenvalue weighted by molar-refractivity contribution is 5.84. The summed E-state index contributed by atoms with van der Waals surface area (Å²) in [5.74, 6) is -7.51. The van der Waals surface area contributed by atoms with Gasteiger partial charge in [-0.1, -0.05) is 0 Å². The maximum Gasteiger partial charge on any atom is 0.383 e. The van der Waals surface area contributed by atoms with Crippen LogP contribution in [0.2, 0.25) is 0 Å². The second-order valence-electron chi connectivity index (χ2n) is 4.01. The molecular weight excluding hydrogens is 258 g/mol. The maximum absolute atomic E-state index is 12.8. The fraction of sp³-hybridized carbons (Fsp3) is 0.800. The highest BCUT2D eigenvalue weighted by Crippen LogP contribution is 2.28. The molecule has 0 aromatic carbocycles. The first-order chi connectivity index (χ1) is 8.30. The summed E-state index contributed by atoms with van der Waals surface area (Å²) in [5, 5.41) is 0. The summed E-state index contributed by atoms with van der Waals surface area (Å²) in [4.78, 5) is 23.0. The second-order valence-corrected chi connectivity index (χ2v) is 4.01. The molecule has 8 heteroatoms. The van der Waals surface area contributed by atoms with Gasteiger partial charge in [-0.25, -0.2) is 8.78 Å². The number of hydrogen-bond acceptors (Lipinski definition) is 3. The summed E-state index contributed by atoms with van der Waals surface area (Å²) >= 11 is 0. The summed E-state index contributed by atoms with van der Waals surface area (Å²) in [6, 6.07) is 0. The SMILES string of the molecule is COC(=O)C1CCN(C(=O)C(F)(F)C(F)F)CC1. The number of rotatable bonds is 3. The molecule has 0 atom stereocenters. The van der Waals surface area contributed by atoms with Gasteiger partial charge in [0.15, 0.2) is 0 Å². The number of ether oxygens (including phenoxy) is 1. The minimum atomic E-state index is -4.67. The summed E-state index contributed by atoms with van der Waals surface area (Å²) in [6.45, 7) is -0.304. The third-order valence-corrected chi connectivity index (χ3v) is 2.88. The van der Waals surface area contributed by atoms with Gasteiger partial charge >= 0.3 is 18.3 Å². The lowest BCUT2D eigenvalue weighted by atomic mass is 9.96. The predicted octanol–water partition coefficient (Wildman–Crippen LogP) is 1.30. The van der Waals surface area contributed by atoms with Crippen LogP contribution in [-0.4, -0.2) is 49.3 Å². The topological polar surface area (TPSA) is 46.6 Å². The maximum atomic E-state index is 12.8. The first-order valence-electron chi connectivity index (χ1n) is 5.33. The Morgan fingerprint density at radius 2 is 1.78 bits per heavy atom. The lowest BCUT2D eigenvalue weighted by molar-refractivity contribution is -0.182. The molecule has 0 saturated carbocycles. The van der Waals surface area contributed by atoms with Gasteiger partial charge in [-0.3, -0.25) is 9.59 Å². The van der Waals surface area contributed by atoms with E-state index in [1.54, 1.807) is 0 Å². The number of alkyl halides is 4. The third-order valence-electron chi connectivity index (χ3n) is 2.88. The molecule has 0 unspecified atom stereocenters. The molecule has 0 aromatic rings. The molecule has 0 radical (unpaired) electrons. The normalized spacial score (nSPS) is 18.0. The van der Waals surface area contributed by atoms with Gasteiger partial charge in [0, 0.05) is 13.1 Å². The average molecular weight is 271 g/mol. The number of amides is 1. The Labute approximate surface area is 101 Å². The number of carbonyl (C=O) groups is 2. The van der Waals surface area contributed by atoms with Crippen LogP contribution in [0.15, 0.2) is 0 Å². The van der Waals surface area contributed by atoms with Crippen LogP contribution in [0.5, 0.6) is 0 Å². The van der Waals surface area contributed by atoms with Crippen LogP contribution in [0.1, 0.15) is 12.8 Å². The molecule has 0 N–H and O–H groups in total. The molecule has 18 heavy (non-hydrogen) atoms. The van der Waals surface area contributed by atoms with Crippen molar-refractivity contribution in [2.24, 2.45) is 5.92 Å². The number of likely N-dealkylation sites (tertiary alicyclic amines) is 1. The van der Waals surface area contributed by atoms with Crippen molar-refractivity contribution in [1.29, 1.82) is 0 Å². The van der Waals surface area contributed by atoms with E-state index in [1.165, 1.54) is 7.11 Å². The number of hydrogen-bond donors (Lipinski definition) is 0. The number of esters is 1. The summed E-state index contributed by atoms with van der Waals surface area (Å²) in [7, 11) is 1.20. The zero-order chi connectivity index (χ0) is 13.9. The average Bonchev–Trinajstić information content (AvgIpc) is 2.36. The van der Waals surface area contributed by atoms with E-state index >= 15 is 0 Å². The van der Waals surface area contributed by atoms with Gasteiger partial charge < -0.3 is 9.64 Å². The van der Waals surface area contributed by atoms with E-state index in [9.17, 15) is 27.2 Å². The highest BCUT2D eigenvalue weighted by Gasteiger charge is 2.51. The number of nitrogens with zero attached hydrogens (tertiary/aromatic N) is 1. The van der Waals surface area contributed by atoms with E-state index in [-0.39, 0.29) is 25.9 Å². The summed E-state index contributed by atoms with van der Waals surface area (Å²) < 4.78 is 54.1. The molecule has 1 rings (SSSR count). The van der Waals surface area contributed by atoms with Crippen LogP contribution >= 0.6 is 0 Å². The van der Waals surface area contributed by atoms with Gasteiger partial charge in [-0.15, -0.1) is 0 Å². The summed E-state index contributed by atoms with van der Waals surface area (Å²) in [5.41, 5.74) is 0. The standard InChI is InChI=1S/C10H13F4NO3/c1-18-7(16)6-2-4-15(5-3-6)9(17)10(13,14)8(11)12/h6,8H,2-5H2,1H3. The number of carbonyl (C=O) groups excluding carboxylic acids is 2. The van der Waals surface area contributed by atoms with E-state index in [4.69, 9.17) is 0 Å². The smallest absolute Gasteiger partial charge is 0.383 e. The second kappa shape index (κ2) is 5.53. The van der Waals surface area contributed by atoms with Crippen molar-refractivity contribution >= 4 is 11.9 Å². The minimum absolute atomic E-state index is 0.137. The van der Waals surface area contributed by atoms with Gasteiger partial charge in [0.1, 0.15) is 0 Å². The fourth-order valence-corrected chi connectivity index (χ4v) is 1.79. The van der Waals surface area contributed by atoms with Crippen molar-refractivity contribution in [1.82, 2.24) is 4.90 Å². The molecule has 1 aliphatic rings. The first-order valence-corrected chi connectivity index (χ1v) is 5.33. The number of piperidine rings is 1. The minimum Gasteiger partial charge on any atom is -0.469 e. The molecule has 1 amide bonds. The quantitative estimate of drug-likeness (QED) is 0.574. The predicted molar refractivity (Wildman–Crippen MR) is 52.3 cm³/mol. The Morgan fingerprint density at radius 3 is 2.17 bits per heavy atom. The Bertz CT molecular complexity index is 327. The first kappa shape index (κ1) is 14.7. The van der Waals surface area contributed by atoms with Crippen molar-refractivity contribution in [2.75, 3.05) is 20.2 Å². The van der Waals surface area contributed by atoms with Gasteiger partial charge in [-0.2, -0.15) is 8.78 Å². The zero-order valence-electron chi connectivity index (χ0n) is 9.67. The number of halogens is 4. The van der Waals surface area contributed by atoms with E-state index in [0.29, 0.717) is 4.90 Å². The highest BCUT2D eigenvalue weighted by atomic mass is 19.3. The van der Waals surface area contributed by atoms with E-state index < -0.39 is 30.1 Å². The van der Waals surface area contributed by atoms with Gasteiger partial charge in [0.25, 0.3) is 5.91 Å². The Morgan fingerprint density at radius 1 is 1.28 bits per heavy atom. The van der Waals surface area contributed by atoms with E-state index in [1.807, 2.05) is 0 Å². The molecule has 0 bridgehead atoms. The molecule has 0 aromatic heterocycles. The lowest BCUT2D eigenvalue weighted by Gasteiger charge is -2.32. The molecule has 0 spiro atoms. The summed E-state index contributed by atoms with van der Waals surface area (Å²) in [6.07, 6.45) is -3.75. The van der Waals surface area contributed by atoms with Crippen LogP contribution < -0.4 is 0 Å². The van der Waals surface area contributed by atoms with Crippen LogP contribution in [0.25, 0.3) is 0 Å². The largest absolute Gasteiger partial charge is 0.469 e. The van der Waals surface area contributed by atoms with Crippen molar-refractivity contribution in [3.05, 3.63) is 0 Å². The van der Waals surface area contributed by atoms with Gasteiger partial charge in [0.05, 0.1) is 13.0 Å². The monoisotopic (exact) mass is 271 g/mol. The van der Waals surface area contributed by atoms with Crippen LogP contribution in [0.3, 0.4) is 0 Å². The van der Waals surface area contributed by atoms with Crippen molar-refractivity contribution in [3.63, 3.8) is 0 Å². The van der Waals surface area contributed by atoms with Gasteiger partial charge in [-0.05, 0) is 12.8 Å². The Balaban J connectivity index is 2.58. The van der Waals surface area contributed by atoms with Crippen LogP contribution in [0.4, 0.5) is 17.6 Å². The molecule has 104 valence electrons. The molecule has 1 aliphatic heterocycles. The molecular formula is C10H13F4NO3. The van der Waals surface area contributed by atoms with Crippen molar-refractivity contribution in [3.8, 4) is 0 Å². The molecule has 4 nitrogen and oxygen atoms in total.